The summed E-state index contributed by atoms with van der Waals surface area (Å²) in [5, 5.41) is 0.852. The van der Waals surface area contributed by atoms with Crippen molar-refractivity contribution in [2.75, 3.05) is 26.2 Å². The lowest BCUT2D eigenvalue weighted by Crippen LogP contribution is -2.37. The van der Waals surface area contributed by atoms with Crippen molar-refractivity contribution in [2.45, 2.75) is 13.3 Å². The topological polar surface area (TPSA) is 53.5 Å². The number of carbonyl (C=O) groups is 2. The summed E-state index contributed by atoms with van der Waals surface area (Å²) in [6.07, 6.45) is 0.762. The number of hydrogen-bond donors (Lipinski definition) is 0. The zero-order chi connectivity index (χ0) is 20.4. The molecule has 0 saturated carbocycles. The summed E-state index contributed by atoms with van der Waals surface area (Å²) >= 11 is 3.47. The molecule has 1 saturated heterocycles. The lowest BCUT2D eigenvalue weighted by molar-refractivity contribution is 0.0719. The van der Waals surface area contributed by atoms with E-state index < -0.39 is 0 Å². The Morgan fingerprint density at radius 1 is 0.897 bits per heavy atom. The lowest BCUT2D eigenvalue weighted by atomic mass is 10.1. The molecule has 2 aromatic carbocycles. The number of benzene rings is 2. The molecule has 2 amide bonds. The van der Waals surface area contributed by atoms with Crippen molar-refractivity contribution in [1.82, 2.24) is 14.8 Å². The van der Waals surface area contributed by atoms with Crippen LogP contribution in [0, 0.1) is 6.92 Å². The maximum absolute atomic E-state index is 13.3. The molecule has 4 rings (SSSR count). The Morgan fingerprint density at radius 3 is 2.31 bits per heavy atom. The van der Waals surface area contributed by atoms with Gasteiger partial charge in [-0.1, -0.05) is 40.2 Å². The fraction of sp³-hybridized carbons (Fsp3) is 0.261. The number of pyridine rings is 1. The first-order chi connectivity index (χ1) is 14.0. The van der Waals surface area contributed by atoms with Gasteiger partial charge >= 0.3 is 0 Å². The average molecular weight is 452 g/mol. The van der Waals surface area contributed by atoms with Crippen LogP contribution in [0.5, 0.6) is 0 Å². The van der Waals surface area contributed by atoms with Crippen LogP contribution in [0.25, 0.3) is 10.9 Å². The zero-order valence-corrected chi connectivity index (χ0v) is 17.9. The number of halogens is 1. The Hall–Kier alpha value is -2.73. The molecule has 1 aromatic heterocycles. The van der Waals surface area contributed by atoms with Crippen LogP contribution in [0.2, 0.25) is 0 Å². The van der Waals surface area contributed by atoms with Gasteiger partial charge in [-0.15, -0.1) is 0 Å². The molecule has 0 atom stereocenters. The Labute approximate surface area is 178 Å². The van der Waals surface area contributed by atoms with Gasteiger partial charge in [-0.25, -0.2) is 0 Å². The summed E-state index contributed by atoms with van der Waals surface area (Å²) in [6.45, 7) is 4.25. The van der Waals surface area contributed by atoms with Gasteiger partial charge < -0.3 is 9.80 Å². The van der Waals surface area contributed by atoms with E-state index in [9.17, 15) is 9.59 Å². The molecule has 5 nitrogen and oxygen atoms in total. The molecule has 1 fully saturated rings. The van der Waals surface area contributed by atoms with E-state index in [1.807, 2.05) is 71.3 Å². The van der Waals surface area contributed by atoms with Crippen molar-refractivity contribution in [3.05, 3.63) is 75.9 Å². The number of nitrogens with zero attached hydrogens (tertiary/aromatic N) is 3. The fourth-order valence-corrected chi connectivity index (χ4v) is 4.12. The van der Waals surface area contributed by atoms with E-state index in [0.717, 1.165) is 27.5 Å². The Bertz CT molecular complexity index is 1060. The number of aromatic nitrogens is 1. The van der Waals surface area contributed by atoms with E-state index in [1.165, 1.54) is 0 Å². The number of amides is 2. The first-order valence-corrected chi connectivity index (χ1v) is 10.5. The normalized spacial score (nSPS) is 14.7. The molecule has 29 heavy (non-hydrogen) atoms. The largest absolute Gasteiger partial charge is 0.337 e. The third kappa shape index (κ3) is 4.17. The van der Waals surface area contributed by atoms with E-state index in [-0.39, 0.29) is 11.8 Å². The predicted octanol–water partition coefficient (Wildman–Crippen LogP) is 4.29. The molecule has 148 valence electrons. The number of fused-ring (bicyclic) bond motifs is 1. The van der Waals surface area contributed by atoms with E-state index in [1.54, 1.807) is 0 Å². The second kappa shape index (κ2) is 8.33. The highest BCUT2D eigenvalue weighted by Gasteiger charge is 2.24. The molecule has 0 N–H and O–H groups in total. The van der Waals surface area contributed by atoms with Gasteiger partial charge in [-0.2, -0.15) is 0 Å². The standard InChI is InChI=1S/C23H22BrN3O2/c1-16-14-20(19-9-8-18(24)15-21(19)25-16)23(29)27-11-5-10-26(12-13-27)22(28)17-6-3-2-4-7-17/h2-4,6-9,14-15H,5,10-13H2,1H3. The summed E-state index contributed by atoms with van der Waals surface area (Å²) in [4.78, 5) is 34.4. The van der Waals surface area contributed by atoms with Gasteiger partial charge in [0.15, 0.2) is 0 Å². The number of carbonyl (C=O) groups excluding carboxylic acids is 2. The van der Waals surface area contributed by atoms with E-state index >= 15 is 0 Å². The highest BCUT2D eigenvalue weighted by molar-refractivity contribution is 9.10. The molecular formula is C23H22BrN3O2. The molecule has 2 heterocycles. The van der Waals surface area contributed by atoms with Gasteiger partial charge in [-0.05, 0) is 43.7 Å². The summed E-state index contributed by atoms with van der Waals surface area (Å²) in [6, 6.07) is 17.0. The van der Waals surface area contributed by atoms with Crippen molar-refractivity contribution in [1.29, 1.82) is 0 Å². The minimum Gasteiger partial charge on any atom is -0.337 e. The second-order valence-electron chi connectivity index (χ2n) is 7.28. The Kier molecular flexibility index (Phi) is 5.62. The molecule has 0 unspecified atom stereocenters. The molecule has 3 aromatic rings. The van der Waals surface area contributed by atoms with Gasteiger partial charge in [0.05, 0.1) is 11.1 Å². The monoisotopic (exact) mass is 451 g/mol. The SMILES string of the molecule is Cc1cc(C(=O)N2CCCN(C(=O)c3ccccc3)CC2)c2ccc(Br)cc2n1. The predicted molar refractivity (Wildman–Crippen MR) is 117 cm³/mol. The first-order valence-electron chi connectivity index (χ1n) is 9.73. The van der Waals surface area contributed by atoms with Crippen molar-refractivity contribution in [3.63, 3.8) is 0 Å². The molecule has 0 bridgehead atoms. The minimum absolute atomic E-state index is 0.00293. The first kappa shape index (κ1) is 19.6. The van der Waals surface area contributed by atoms with Gasteiger partial charge in [-0.3, -0.25) is 14.6 Å². The molecule has 0 radical (unpaired) electrons. The summed E-state index contributed by atoms with van der Waals surface area (Å²) < 4.78 is 0.936. The molecule has 1 aliphatic heterocycles. The Balaban J connectivity index is 1.55. The van der Waals surface area contributed by atoms with E-state index in [4.69, 9.17) is 0 Å². The van der Waals surface area contributed by atoms with Crippen molar-refractivity contribution in [2.24, 2.45) is 0 Å². The molecule has 1 aliphatic rings. The summed E-state index contributed by atoms with van der Waals surface area (Å²) in [7, 11) is 0. The van der Waals surface area contributed by atoms with Crippen molar-refractivity contribution in [3.8, 4) is 0 Å². The van der Waals surface area contributed by atoms with Crippen LogP contribution in [0.1, 0.15) is 32.8 Å². The van der Waals surface area contributed by atoms with Gasteiger partial charge in [0.25, 0.3) is 11.8 Å². The highest BCUT2D eigenvalue weighted by atomic mass is 79.9. The number of rotatable bonds is 2. The van der Waals surface area contributed by atoms with Crippen LogP contribution in [-0.4, -0.2) is 52.8 Å². The highest BCUT2D eigenvalue weighted by Crippen LogP contribution is 2.24. The quantitative estimate of drug-likeness (QED) is 0.583. The number of aryl methyl sites for hydroxylation is 1. The molecular weight excluding hydrogens is 430 g/mol. The minimum atomic E-state index is -0.00293. The van der Waals surface area contributed by atoms with Gasteiger partial charge in [0.2, 0.25) is 0 Å². The van der Waals surface area contributed by atoms with Gasteiger partial charge in [0.1, 0.15) is 0 Å². The molecule has 0 aliphatic carbocycles. The van der Waals surface area contributed by atoms with Crippen LogP contribution in [0.3, 0.4) is 0 Å². The molecule has 6 heteroatoms. The van der Waals surface area contributed by atoms with Crippen LogP contribution in [0.4, 0.5) is 0 Å². The summed E-state index contributed by atoms with van der Waals surface area (Å²) in [5.41, 5.74) is 2.98. The van der Waals surface area contributed by atoms with Gasteiger partial charge in [0, 0.05) is 47.3 Å². The smallest absolute Gasteiger partial charge is 0.254 e. The Morgan fingerprint density at radius 2 is 1.59 bits per heavy atom. The van der Waals surface area contributed by atoms with Crippen LogP contribution in [0.15, 0.2) is 59.1 Å². The van der Waals surface area contributed by atoms with Crippen molar-refractivity contribution < 1.29 is 9.59 Å². The second-order valence-corrected chi connectivity index (χ2v) is 8.19. The summed E-state index contributed by atoms with van der Waals surface area (Å²) in [5.74, 6) is 0.0202. The lowest BCUT2D eigenvalue weighted by Gasteiger charge is -2.23. The van der Waals surface area contributed by atoms with E-state index in [0.29, 0.717) is 37.3 Å². The average Bonchev–Trinajstić information content (AvgIpc) is 2.98. The third-order valence-electron chi connectivity index (χ3n) is 5.22. The van der Waals surface area contributed by atoms with Crippen molar-refractivity contribution >= 4 is 38.6 Å². The zero-order valence-electron chi connectivity index (χ0n) is 16.3. The van der Waals surface area contributed by atoms with Crippen LogP contribution >= 0.6 is 15.9 Å². The van der Waals surface area contributed by atoms with Crippen LogP contribution in [-0.2, 0) is 0 Å². The fourth-order valence-electron chi connectivity index (χ4n) is 3.77. The maximum Gasteiger partial charge on any atom is 0.254 e. The maximum atomic E-state index is 13.3. The number of hydrogen-bond acceptors (Lipinski definition) is 3. The van der Waals surface area contributed by atoms with E-state index in [2.05, 4.69) is 20.9 Å². The molecule has 0 spiro atoms. The third-order valence-corrected chi connectivity index (χ3v) is 5.71. The van der Waals surface area contributed by atoms with Crippen LogP contribution < -0.4 is 0 Å².